The molecule has 0 spiro atoms. The average Bonchev–Trinajstić information content (AvgIpc) is 2.30. The van der Waals surface area contributed by atoms with Gasteiger partial charge in [0.15, 0.2) is 12.1 Å². The number of carbonyl (C=O) groups is 1. The van der Waals surface area contributed by atoms with Gasteiger partial charge in [-0.2, -0.15) is 0 Å². The van der Waals surface area contributed by atoms with Crippen molar-refractivity contribution in [1.29, 1.82) is 0 Å². The number of nitrogens with zero attached hydrogens (tertiary/aromatic N) is 3. The normalized spacial score (nSPS) is 22.4. The highest BCUT2D eigenvalue weighted by Gasteiger charge is 2.31. The van der Waals surface area contributed by atoms with Crippen LogP contribution in [0, 0.1) is 0 Å². The maximum absolute atomic E-state index is 11.6. The summed E-state index contributed by atoms with van der Waals surface area (Å²) in [6.07, 6.45) is 3.23. The Balaban J connectivity index is 2.28. The molecule has 0 fully saturated rings. The first-order chi connectivity index (χ1) is 8.13. The number of aliphatic hydroxyl groups is 1. The summed E-state index contributed by atoms with van der Waals surface area (Å²) in [4.78, 5) is 21.0. The number of fused-ring (bicyclic) bond motifs is 1. The van der Waals surface area contributed by atoms with Gasteiger partial charge in [0.1, 0.15) is 10.2 Å². The molecular weight excluding hydrogens is 290 g/mol. The van der Waals surface area contributed by atoms with Gasteiger partial charge in [0, 0.05) is 12.4 Å². The number of aliphatic hydroxyl groups excluding tert-OH is 1. The van der Waals surface area contributed by atoms with Crippen molar-refractivity contribution in [3.8, 4) is 0 Å². The molecule has 0 saturated carbocycles. The molecule has 6 nitrogen and oxygen atoms in total. The molecule has 2 heterocycles. The predicted molar refractivity (Wildman–Crippen MR) is 65.5 cm³/mol. The molecule has 7 heteroatoms. The van der Waals surface area contributed by atoms with E-state index >= 15 is 0 Å². The summed E-state index contributed by atoms with van der Waals surface area (Å²) in [6, 6.07) is 0. The van der Waals surface area contributed by atoms with E-state index in [-0.39, 0.29) is 12.2 Å². The average molecular weight is 300 g/mol. The number of esters is 1. The summed E-state index contributed by atoms with van der Waals surface area (Å²) in [5, 5.41) is 10.0. The lowest BCUT2D eigenvalue weighted by Gasteiger charge is -2.30. The van der Waals surface area contributed by atoms with Crippen LogP contribution in [0.25, 0.3) is 0 Å². The van der Waals surface area contributed by atoms with Crippen LogP contribution in [0.4, 0.5) is 0 Å². The van der Waals surface area contributed by atoms with Gasteiger partial charge in [0.25, 0.3) is 0 Å². The van der Waals surface area contributed by atoms with Crippen LogP contribution in [-0.2, 0) is 9.53 Å². The van der Waals surface area contributed by atoms with Crippen LogP contribution in [0.5, 0.6) is 0 Å². The van der Waals surface area contributed by atoms with Crippen molar-refractivity contribution >= 4 is 33.9 Å². The lowest BCUT2D eigenvalue weighted by molar-refractivity contribution is -0.140. The second-order valence-electron chi connectivity index (χ2n) is 3.28. The molecule has 0 bridgehead atoms. The Labute approximate surface area is 106 Å². The summed E-state index contributed by atoms with van der Waals surface area (Å²) in [5.74, 6) is -0.108. The van der Waals surface area contributed by atoms with Gasteiger partial charge in [-0.15, -0.1) is 0 Å². The van der Waals surface area contributed by atoms with Crippen molar-refractivity contribution in [3.63, 3.8) is 0 Å². The molecule has 0 radical (unpaired) electrons. The molecular formula is C10H10BrN3O3. The fourth-order valence-corrected chi connectivity index (χ4v) is 1.74. The van der Waals surface area contributed by atoms with Crippen LogP contribution in [0.2, 0.25) is 0 Å². The van der Waals surface area contributed by atoms with Gasteiger partial charge < -0.3 is 9.84 Å². The third kappa shape index (κ3) is 2.29. The van der Waals surface area contributed by atoms with Crippen molar-refractivity contribution in [2.45, 2.75) is 13.2 Å². The summed E-state index contributed by atoms with van der Waals surface area (Å²) in [6.45, 7) is 1.95. The SMILES string of the molecule is CCOC(=O)C1=CN=C2C=NC(Br)=CN2C1O. The summed E-state index contributed by atoms with van der Waals surface area (Å²) in [7, 11) is 0. The molecule has 2 aliphatic heterocycles. The van der Waals surface area contributed by atoms with Gasteiger partial charge in [0.05, 0.1) is 12.8 Å². The Morgan fingerprint density at radius 1 is 1.71 bits per heavy atom. The molecule has 0 amide bonds. The maximum Gasteiger partial charge on any atom is 0.340 e. The fraction of sp³-hybridized carbons (Fsp3) is 0.300. The van der Waals surface area contributed by atoms with E-state index in [0.717, 1.165) is 0 Å². The third-order valence-electron chi connectivity index (χ3n) is 2.20. The number of carbonyl (C=O) groups excluding carboxylic acids is 1. The van der Waals surface area contributed by atoms with E-state index in [2.05, 4.69) is 25.9 Å². The molecule has 1 N–H and O–H groups in total. The number of aliphatic imine (C=N–C) groups is 2. The van der Waals surface area contributed by atoms with Gasteiger partial charge in [-0.1, -0.05) is 0 Å². The highest BCUT2D eigenvalue weighted by atomic mass is 79.9. The van der Waals surface area contributed by atoms with Crippen LogP contribution < -0.4 is 0 Å². The number of amidine groups is 1. The second-order valence-corrected chi connectivity index (χ2v) is 4.10. The third-order valence-corrected chi connectivity index (χ3v) is 2.61. The quantitative estimate of drug-likeness (QED) is 0.603. The highest BCUT2D eigenvalue weighted by Crippen LogP contribution is 2.22. The van der Waals surface area contributed by atoms with Crippen molar-refractivity contribution < 1.29 is 14.6 Å². The van der Waals surface area contributed by atoms with Crippen LogP contribution in [0.15, 0.2) is 32.6 Å². The van der Waals surface area contributed by atoms with Gasteiger partial charge in [-0.05, 0) is 22.9 Å². The minimum Gasteiger partial charge on any atom is -0.462 e. The number of hydrogen-bond acceptors (Lipinski definition) is 6. The van der Waals surface area contributed by atoms with E-state index in [1.807, 2.05) is 0 Å². The smallest absolute Gasteiger partial charge is 0.340 e. The van der Waals surface area contributed by atoms with Gasteiger partial charge in [0.2, 0.25) is 0 Å². The molecule has 90 valence electrons. The first-order valence-electron chi connectivity index (χ1n) is 4.96. The number of hydrogen-bond donors (Lipinski definition) is 1. The first-order valence-corrected chi connectivity index (χ1v) is 5.75. The topological polar surface area (TPSA) is 74.5 Å². The summed E-state index contributed by atoms with van der Waals surface area (Å²) < 4.78 is 5.37. The number of halogens is 1. The molecule has 0 aromatic carbocycles. The molecule has 17 heavy (non-hydrogen) atoms. The second kappa shape index (κ2) is 4.80. The zero-order valence-corrected chi connectivity index (χ0v) is 10.6. The predicted octanol–water partition coefficient (Wildman–Crippen LogP) is 0.744. The van der Waals surface area contributed by atoms with Crippen LogP contribution in [0.1, 0.15) is 6.92 Å². The number of rotatable bonds is 2. The zero-order chi connectivity index (χ0) is 12.4. The Kier molecular flexibility index (Phi) is 3.39. The lowest BCUT2D eigenvalue weighted by Crippen LogP contribution is -2.43. The highest BCUT2D eigenvalue weighted by molar-refractivity contribution is 9.11. The van der Waals surface area contributed by atoms with Crippen LogP contribution in [-0.4, -0.2) is 40.9 Å². The molecule has 0 aromatic rings. The fourth-order valence-electron chi connectivity index (χ4n) is 1.42. The Morgan fingerprint density at radius 2 is 2.47 bits per heavy atom. The largest absolute Gasteiger partial charge is 0.462 e. The van der Waals surface area contributed by atoms with Gasteiger partial charge >= 0.3 is 5.97 Å². The van der Waals surface area contributed by atoms with Gasteiger partial charge in [-0.25, -0.2) is 14.8 Å². The lowest BCUT2D eigenvalue weighted by atomic mass is 10.2. The molecule has 1 unspecified atom stereocenters. The molecule has 0 saturated heterocycles. The molecule has 1 atom stereocenters. The zero-order valence-electron chi connectivity index (χ0n) is 9.00. The van der Waals surface area contributed by atoms with Crippen molar-refractivity contribution in [2.75, 3.05) is 6.61 Å². The minimum absolute atomic E-state index is 0.0995. The maximum atomic E-state index is 11.6. The summed E-state index contributed by atoms with van der Waals surface area (Å²) >= 11 is 3.19. The standard InChI is InChI=1S/C10H10BrN3O3/c1-2-17-10(16)6-3-13-8-4-12-7(11)5-14(8)9(6)15/h3-5,9,15H,2H2,1H3. The Bertz CT molecular complexity index is 467. The molecule has 0 aromatic heterocycles. The summed E-state index contributed by atoms with van der Waals surface area (Å²) in [5.41, 5.74) is 0.0995. The van der Waals surface area contributed by atoms with Gasteiger partial charge in [-0.3, -0.25) is 4.90 Å². The van der Waals surface area contributed by atoms with E-state index < -0.39 is 12.2 Å². The monoisotopic (exact) mass is 299 g/mol. The van der Waals surface area contributed by atoms with Crippen molar-refractivity contribution in [1.82, 2.24) is 4.90 Å². The minimum atomic E-state index is -1.11. The van der Waals surface area contributed by atoms with Crippen LogP contribution in [0.3, 0.4) is 0 Å². The van der Waals surface area contributed by atoms with Crippen molar-refractivity contribution in [3.05, 3.63) is 22.6 Å². The molecule has 2 aliphatic rings. The van der Waals surface area contributed by atoms with E-state index in [1.165, 1.54) is 17.3 Å². The Morgan fingerprint density at radius 3 is 3.18 bits per heavy atom. The molecule has 0 aliphatic carbocycles. The van der Waals surface area contributed by atoms with E-state index in [9.17, 15) is 9.90 Å². The Hall–Kier alpha value is -1.47. The molecule has 2 rings (SSSR count). The van der Waals surface area contributed by atoms with E-state index in [1.54, 1.807) is 13.1 Å². The first kappa shape index (κ1) is 12.0. The van der Waals surface area contributed by atoms with Crippen LogP contribution >= 0.6 is 15.9 Å². The van der Waals surface area contributed by atoms with Crippen molar-refractivity contribution in [2.24, 2.45) is 9.98 Å². The van der Waals surface area contributed by atoms with E-state index in [0.29, 0.717) is 10.4 Å². The number of ether oxygens (including phenoxy) is 1. The van der Waals surface area contributed by atoms with E-state index in [4.69, 9.17) is 4.74 Å².